The van der Waals surface area contributed by atoms with Crippen LogP contribution in [0.3, 0.4) is 0 Å². The normalized spacial score (nSPS) is 14.8. The van der Waals surface area contributed by atoms with Crippen molar-refractivity contribution in [2.24, 2.45) is 0 Å². The molecule has 0 atom stereocenters. The lowest BCUT2D eigenvalue weighted by molar-refractivity contribution is 0.660. The first kappa shape index (κ1) is 35.6. The first-order valence-electron chi connectivity index (χ1n) is 21.7. The van der Waals surface area contributed by atoms with E-state index < -0.39 is 8.07 Å². The summed E-state index contributed by atoms with van der Waals surface area (Å²) in [4.78, 5) is 0. The molecule has 0 saturated carbocycles. The minimum absolute atomic E-state index is 0.0581. The van der Waals surface area contributed by atoms with Gasteiger partial charge in [0.05, 0.1) is 8.07 Å². The molecule has 0 aliphatic heterocycles. The van der Waals surface area contributed by atoms with Gasteiger partial charge in [-0.3, -0.25) is 0 Å². The van der Waals surface area contributed by atoms with Gasteiger partial charge in [-0.25, -0.2) is 0 Å². The van der Waals surface area contributed by atoms with Crippen LogP contribution in [0.15, 0.2) is 164 Å². The van der Waals surface area contributed by atoms with Crippen LogP contribution in [-0.4, -0.2) is 8.07 Å². The Kier molecular flexibility index (Phi) is 7.22. The topological polar surface area (TPSA) is 0 Å². The monoisotopic (exact) mass is 784 g/mol. The van der Waals surface area contributed by atoms with Gasteiger partial charge in [-0.05, 0) is 145 Å². The van der Waals surface area contributed by atoms with Crippen molar-refractivity contribution in [3.8, 4) is 55.6 Å². The molecule has 0 unspecified atom stereocenters. The van der Waals surface area contributed by atoms with Gasteiger partial charge >= 0.3 is 0 Å². The second-order valence-corrected chi connectivity index (χ2v) is 24.8. The first-order valence-corrected chi connectivity index (χ1v) is 25.2. The van der Waals surface area contributed by atoms with Gasteiger partial charge in [-0.1, -0.05) is 192 Å². The zero-order chi connectivity index (χ0) is 40.9. The molecule has 60 heavy (non-hydrogen) atoms. The Hall–Kier alpha value is -6.28. The first-order chi connectivity index (χ1) is 28.9. The quantitative estimate of drug-likeness (QED) is 0.123. The SMILES string of the molecule is CC1(C)c2ccccc2-c2ccc(-c3ccc4ccc5c(-c6ccc7c(c6)C(C)(C)c6ccccc6-7)cc(-c6ccc7cc([Si](C)(C)C)ccc7c6)c6ccc3c4c56)cc21. The number of benzene rings is 10. The predicted molar refractivity (Wildman–Crippen MR) is 262 cm³/mol. The average molecular weight is 785 g/mol. The van der Waals surface area contributed by atoms with E-state index >= 15 is 0 Å². The number of hydrogen-bond acceptors (Lipinski definition) is 0. The third-order valence-electron chi connectivity index (χ3n) is 14.6. The highest BCUT2D eigenvalue weighted by molar-refractivity contribution is 6.88. The molecule has 1 heteroatoms. The molecular formula is C59H48Si. The Labute approximate surface area is 354 Å². The maximum absolute atomic E-state index is 2.50. The van der Waals surface area contributed by atoms with E-state index in [0.717, 1.165) is 0 Å². The fourth-order valence-corrected chi connectivity index (χ4v) is 12.4. The van der Waals surface area contributed by atoms with Gasteiger partial charge in [0.25, 0.3) is 0 Å². The van der Waals surface area contributed by atoms with Crippen LogP contribution in [0.25, 0.3) is 98.7 Å². The lowest BCUT2D eigenvalue weighted by Gasteiger charge is -2.23. The summed E-state index contributed by atoms with van der Waals surface area (Å²) in [5.74, 6) is 0. The van der Waals surface area contributed by atoms with E-state index in [4.69, 9.17) is 0 Å². The van der Waals surface area contributed by atoms with Crippen molar-refractivity contribution in [3.63, 3.8) is 0 Å². The zero-order valence-corrected chi connectivity index (χ0v) is 36.6. The maximum Gasteiger partial charge on any atom is 0.0776 e. The van der Waals surface area contributed by atoms with E-state index in [2.05, 4.69) is 211 Å². The molecule has 0 bridgehead atoms. The molecule has 12 rings (SSSR count). The number of fused-ring (bicyclic) bond motifs is 7. The van der Waals surface area contributed by atoms with E-state index in [1.165, 1.54) is 126 Å². The van der Waals surface area contributed by atoms with Crippen molar-refractivity contribution in [3.05, 3.63) is 186 Å². The highest BCUT2D eigenvalue weighted by Crippen LogP contribution is 2.53. The van der Waals surface area contributed by atoms with Crippen molar-refractivity contribution in [2.45, 2.75) is 58.2 Å². The second kappa shape index (κ2) is 12.2. The van der Waals surface area contributed by atoms with Crippen molar-refractivity contribution in [2.75, 3.05) is 0 Å². The molecule has 10 aromatic carbocycles. The van der Waals surface area contributed by atoms with Crippen molar-refractivity contribution in [1.82, 2.24) is 0 Å². The molecule has 0 nitrogen and oxygen atoms in total. The van der Waals surface area contributed by atoms with Crippen molar-refractivity contribution < 1.29 is 0 Å². The Morgan fingerprint density at radius 2 is 0.750 bits per heavy atom. The van der Waals surface area contributed by atoms with Gasteiger partial charge in [-0.15, -0.1) is 0 Å². The second-order valence-electron chi connectivity index (χ2n) is 19.7. The van der Waals surface area contributed by atoms with E-state index in [1.807, 2.05) is 0 Å². The summed E-state index contributed by atoms with van der Waals surface area (Å²) >= 11 is 0. The Balaban J connectivity index is 1.12. The summed E-state index contributed by atoms with van der Waals surface area (Å²) in [6.07, 6.45) is 0. The highest BCUT2D eigenvalue weighted by atomic mass is 28.3. The fourth-order valence-electron chi connectivity index (χ4n) is 11.2. The summed E-state index contributed by atoms with van der Waals surface area (Å²) in [5, 5.41) is 12.0. The van der Waals surface area contributed by atoms with Crippen molar-refractivity contribution in [1.29, 1.82) is 0 Å². The Morgan fingerprint density at radius 3 is 1.37 bits per heavy atom. The average Bonchev–Trinajstić information content (AvgIpc) is 3.63. The molecule has 0 radical (unpaired) electrons. The third-order valence-corrected chi connectivity index (χ3v) is 16.6. The summed E-state index contributed by atoms with van der Waals surface area (Å²) in [6, 6.07) is 63.5. The molecule has 288 valence electrons. The van der Waals surface area contributed by atoms with Crippen molar-refractivity contribution >= 4 is 56.4 Å². The largest absolute Gasteiger partial charge is 0.0776 e. The summed E-state index contributed by atoms with van der Waals surface area (Å²) in [5.41, 5.74) is 18.6. The van der Waals surface area contributed by atoms with Gasteiger partial charge < -0.3 is 0 Å². The molecule has 2 aliphatic carbocycles. The maximum atomic E-state index is 2.50. The van der Waals surface area contributed by atoms with Crippen LogP contribution in [0.2, 0.25) is 19.6 Å². The molecule has 10 aromatic rings. The highest BCUT2D eigenvalue weighted by Gasteiger charge is 2.37. The standard InChI is InChI=1S/C59H48Si/c1-58(2)52-14-10-8-12-43(52)45-25-21-39(32-54(45)58)42-24-19-35-20-27-48-51(40-22-26-46-44-13-9-11-15-53(44)59(3,4)55(46)33-40)34-50(49-29-28-47(42)56(35)57(48)49)38-17-16-37-31-41(60(5,6)7)23-18-36(37)30-38/h8-34H,1-7H3. The van der Waals surface area contributed by atoms with E-state index in [-0.39, 0.29) is 10.8 Å². The van der Waals surface area contributed by atoms with Gasteiger partial charge in [0.2, 0.25) is 0 Å². The van der Waals surface area contributed by atoms with Gasteiger partial charge in [0.15, 0.2) is 0 Å². The minimum atomic E-state index is -1.44. The zero-order valence-electron chi connectivity index (χ0n) is 35.6. The molecule has 0 spiro atoms. The molecule has 0 aromatic heterocycles. The van der Waals surface area contributed by atoms with Crippen LogP contribution >= 0.6 is 0 Å². The van der Waals surface area contributed by atoms with Gasteiger partial charge in [-0.2, -0.15) is 0 Å². The lowest BCUT2D eigenvalue weighted by atomic mass is 9.80. The fraction of sp³-hybridized carbons (Fsp3) is 0.153. The molecule has 2 aliphatic rings. The van der Waals surface area contributed by atoms with Gasteiger partial charge in [0.1, 0.15) is 0 Å². The minimum Gasteiger partial charge on any atom is -0.0656 e. The Bertz CT molecular complexity index is 3460. The summed E-state index contributed by atoms with van der Waals surface area (Å²) in [7, 11) is -1.44. The molecule has 0 N–H and O–H groups in total. The molecule has 0 fully saturated rings. The number of rotatable bonds is 4. The molecule has 0 heterocycles. The molecule has 0 saturated heterocycles. The molecule has 0 amide bonds. The number of hydrogen-bond donors (Lipinski definition) is 0. The van der Waals surface area contributed by atoms with Crippen LogP contribution in [0.4, 0.5) is 0 Å². The summed E-state index contributed by atoms with van der Waals surface area (Å²) < 4.78 is 0. The van der Waals surface area contributed by atoms with E-state index in [9.17, 15) is 0 Å². The smallest absolute Gasteiger partial charge is 0.0656 e. The van der Waals surface area contributed by atoms with E-state index in [1.54, 1.807) is 0 Å². The predicted octanol–water partition coefficient (Wildman–Crippen LogP) is 15.9. The van der Waals surface area contributed by atoms with Crippen LogP contribution in [-0.2, 0) is 10.8 Å². The van der Waals surface area contributed by atoms with Crippen LogP contribution in [0, 0.1) is 0 Å². The van der Waals surface area contributed by atoms with Crippen LogP contribution < -0.4 is 5.19 Å². The van der Waals surface area contributed by atoms with Crippen LogP contribution in [0.1, 0.15) is 49.9 Å². The summed E-state index contributed by atoms with van der Waals surface area (Å²) in [6.45, 7) is 16.8. The Morgan fingerprint density at radius 1 is 0.317 bits per heavy atom. The van der Waals surface area contributed by atoms with Crippen LogP contribution in [0.5, 0.6) is 0 Å². The van der Waals surface area contributed by atoms with Gasteiger partial charge in [0, 0.05) is 10.8 Å². The third kappa shape index (κ3) is 4.90. The lowest BCUT2D eigenvalue weighted by Crippen LogP contribution is -2.37. The molecular weight excluding hydrogens is 737 g/mol. The van der Waals surface area contributed by atoms with E-state index in [0.29, 0.717) is 0 Å².